The summed E-state index contributed by atoms with van der Waals surface area (Å²) < 4.78 is 67.5. The zero-order chi connectivity index (χ0) is 42.6. The number of nitrogens with zero attached hydrogens (tertiary/aromatic N) is 3. The number of carbonyl (C=O) groups excluding carboxylic acids is 1. The summed E-state index contributed by atoms with van der Waals surface area (Å²) in [5, 5.41) is 3.90. The minimum absolute atomic E-state index is 0.0241. The van der Waals surface area contributed by atoms with E-state index in [2.05, 4.69) is 56.7 Å². The molecule has 8 aliphatic rings. The Balaban J connectivity index is 1.08. The summed E-state index contributed by atoms with van der Waals surface area (Å²) in [6.45, 7) is 19.9. The molecule has 0 radical (unpaired) electrons. The van der Waals surface area contributed by atoms with Crippen molar-refractivity contribution in [2.24, 2.45) is 17.0 Å². The fourth-order valence-corrected chi connectivity index (χ4v) is 13.2. The molecule has 14 nitrogen and oxygen atoms in total. The first-order valence-corrected chi connectivity index (χ1v) is 26.3. The minimum atomic E-state index is -2.01. The topological polar surface area (TPSA) is 158 Å². The molecule has 2 unspecified atom stereocenters. The van der Waals surface area contributed by atoms with Gasteiger partial charge in [-0.2, -0.15) is 0 Å². The van der Waals surface area contributed by atoms with Crippen LogP contribution in [0.3, 0.4) is 0 Å². The van der Waals surface area contributed by atoms with Gasteiger partial charge in [0.2, 0.25) is 0 Å². The van der Waals surface area contributed by atoms with Crippen LogP contribution in [0, 0.1) is 11.8 Å². The summed E-state index contributed by atoms with van der Waals surface area (Å²) in [4.78, 5) is 17.4. The van der Waals surface area contributed by atoms with Crippen molar-refractivity contribution in [2.75, 3.05) is 20.8 Å². The minimum Gasteiger partial charge on any atom is -0.415 e. The Hall–Kier alpha value is -1.72. The second-order valence-electron chi connectivity index (χ2n) is 20.4. The normalized spacial score (nSPS) is 46.6. The van der Waals surface area contributed by atoms with Gasteiger partial charge in [-0.05, 0) is 101 Å². The highest BCUT2D eigenvalue weighted by atomic mass is 28.4. The van der Waals surface area contributed by atoms with E-state index in [9.17, 15) is 10.3 Å². The highest BCUT2D eigenvalue weighted by molar-refractivity contribution is 6.69. The smallest absolute Gasteiger partial charge is 0.184 e. The van der Waals surface area contributed by atoms with E-state index in [-0.39, 0.29) is 110 Å². The molecule has 8 rings (SSSR count). The molecule has 8 fully saturated rings. The predicted molar refractivity (Wildman–Crippen MR) is 225 cm³/mol. The van der Waals surface area contributed by atoms with Crippen molar-refractivity contribution in [1.82, 2.24) is 0 Å². The van der Waals surface area contributed by atoms with Crippen molar-refractivity contribution in [3.63, 3.8) is 0 Å². The van der Waals surface area contributed by atoms with E-state index in [0.29, 0.717) is 25.7 Å². The van der Waals surface area contributed by atoms with Gasteiger partial charge in [0.15, 0.2) is 14.1 Å². The number of ether oxygens (including phenoxy) is 9. The van der Waals surface area contributed by atoms with Crippen molar-refractivity contribution in [1.29, 1.82) is 0 Å². The van der Waals surface area contributed by atoms with Gasteiger partial charge in [0.1, 0.15) is 30.2 Å². The summed E-state index contributed by atoms with van der Waals surface area (Å²) in [5.74, 6) is -0.704. The summed E-state index contributed by atoms with van der Waals surface area (Å²) in [6.07, 6.45) is 5.71. The second-order valence-corrected chi connectivity index (χ2v) is 24.9. The maximum absolute atomic E-state index is 14.4. The van der Waals surface area contributed by atoms with Crippen LogP contribution in [0.25, 0.3) is 10.4 Å². The van der Waals surface area contributed by atoms with Gasteiger partial charge < -0.3 is 47.1 Å². The van der Waals surface area contributed by atoms with Crippen molar-refractivity contribution in [3.8, 4) is 0 Å². The van der Waals surface area contributed by atoms with E-state index in [0.717, 1.165) is 62.5 Å². The Labute approximate surface area is 357 Å². The molecule has 1 spiro atoms. The number of rotatable bonds is 8. The number of ketones is 1. The predicted octanol–water partition coefficient (Wildman–Crippen LogP) is 7.68. The van der Waals surface area contributed by atoms with E-state index in [1.54, 1.807) is 14.2 Å². The Morgan fingerprint density at radius 1 is 0.850 bits per heavy atom. The zero-order valence-electron chi connectivity index (χ0n) is 37.1. The maximum Gasteiger partial charge on any atom is 0.184 e. The Bertz CT molecular complexity index is 1640. The van der Waals surface area contributed by atoms with E-state index in [4.69, 9.17) is 47.1 Å². The lowest BCUT2D eigenvalue weighted by molar-refractivity contribution is -0.302. The molecule has 0 aromatic carbocycles. The number of hydrogen-bond acceptors (Lipinski definition) is 12. The molecule has 0 amide bonds. The lowest BCUT2D eigenvalue weighted by Crippen LogP contribution is -2.66. The van der Waals surface area contributed by atoms with Gasteiger partial charge in [-0.1, -0.05) is 25.2 Å². The fourth-order valence-electron chi connectivity index (χ4n) is 12.1. The number of methoxy groups -OCH3 is 2. The van der Waals surface area contributed by atoms with Gasteiger partial charge in [0.25, 0.3) is 0 Å². The highest BCUT2D eigenvalue weighted by Gasteiger charge is 2.65. The van der Waals surface area contributed by atoms with Crippen molar-refractivity contribution in [3.05, 3.63) is 34.7 Å². The zero-order valence-corrected chi connectivity index (χ0v) is 38.1. The molecule has 0 aromatic rings. The summed E-state index contributed by atoms with van der Waals surface area (Å²) in [5.41, 5.74) is 10.8. The lowest BCUT2D eigenvalue weighted by Gasteiger charge is -2.51. The van der Waals surface area contributed by atoms with Crippen molar-refractivity contribution < 1.29 is 51.9 Å². The number of azide groups is 1. The van der Waals surface area contributed by atoms with Gasteiger partial charge in [-0.15, -0.1) is 0 Å². The monoisotopic (exact) mass is 857 g/mol. The number of hydrogen-bond donors (Lipinski definition) is 0. The summed E-state index contributed by atoms with van der Waals surface area (Å²) in [6, 6.07) is 0. The van der Waals surface area contributed by atoms with Crippen LogP contribution in [0.2, 0.25) is 19.6 Å². The maximum atomic E-state index is 14.4. The fraction of sp³-hybridized carbons (Fsp3) is 0.889. The number of carbonyl (C=O) groups is 1. The molecule has 8 heterocycles. The quantitative estimate of drug-likeness (QED) is 0.0776. The first kappa shape index (κ1) is 44.9. The van der Waals surface area contributed by atoms with Crippen LogP contribution in [0.15, 0.2) is 29.4 Å². The van der Waals surface area contributed by atoms with Crippen LogP contribution in [-0.4, -0.2) is 132 Å². The number of Topliss-reactive ketones (excluding diaryl/α,β-unsaturated/α-hetero) is 1. The van der Waals surface area contributed by atoms with Crippen LogP contribution in [0.1, 0.15) is 104 Å². The molecule has 0 aliphatic carbocycles. The molecule has 8 saturated heterocycles. The van der Waals surface area contributed by atoms with Gasteiger partial charge in [0.05, 0.1) is 73.2 Å². The molecule has 0 aromatic heterocycles. The van der Waals surface area contributed by atoms with Gasteiger partial charge >= 0.3 is 0 Å². The summed E-state index contributed by atoms with van der Waals surface area (Å²) in [7, 11) is 1.40. The lowest BCUT2D eigenvalue weighted by atomic mass is 9.80. The molecule has 15 heteroatoms. The first-order chi connectivity index (χ1) is 28.6. The molecule has 60 heavy (non-hydrogen) atoms. The average molecular weight is 858 g/mol. The molecule has 18 atom stereocenters. The second kappa shape index (κ2) is 18.0. The SMILES string of the molecule is C=C1C[C@@H]2CC[C@]34CC[C@](C)(O3)C3O[C@H]5CC[C@H](CC(=O)C[C@@H]6[C@@H](OC)[C@@H](C[C@@H](CN=[N+]=[N-])O[Si](C)(C)C)O[C@H]6C[C@H]6O[C@@H](CC[C@@H]1O2)C[C@@H](C)C6=C)O[C@@H]5[C@H](O4)C3OC. The third-order valence-electron chi connectivity index (χ3n) is 14.9. The third-order valence-corrected chi connectivity index (χ3v) is 16.0. The molecular weight excluding hydrogens is 787 g/mol. The van der Waals surface area contributed by atoms with E-state index in [1.807, 2.05) is 0 Å². The van der Waals surface area contributed by atoms with E-state index >= 15 is 0 Å². The van der Waals surface area contributed by atoms with Crippen molar-refractivity contribution in [2.45, 2.75) is 220 Å². The van der Waals surface area contributed by atoms with E-state index < -0.39 is 31.9 Å². The Morgan fingerprint density at radius 2 is 1.60 bits per heavy atom. The van der Waals surface area contributed by atoms with Crippen molar-refractivity contribution >= 4 is 14.1 Å². The molecule has 0 N–H and O–H groups in total. The van der Waals surface area contributed by atoms with E-state index in [1.165, 1.54) is 0 Å². The van der Waals surface area contributed by atoms with Gasteiger partial charge in [-0.3, -0.25) is 4.79 Å². The standard InChI is InChI=1S/C45H71N3O11Si/c1-25-18-29-10-12-34-26(2)19-31(52-34)14-15-45-17-16-44(4,59-45)43-42(51-6)41(57-45)40-35(56-43)13-11-30(54-40)20-28(49)21-33-37(23-36(53-29)27(25)3)55-38(39(33)50-5)22-32(24-47-48-46)58-60(7,8)9/h25,29-43H,2-3,10-24H2,1,4-9H3/t25-,29+,30-,31+,32+,33+,34+,35+,36-,37+,38-,39-,40+,41+,42?,43?,44+,45-/m1/s1. The highest BCUT2D eigenvalue weighted by Crippen LogP contribution is 2.54. The average Bonchev–Trinajstić information content (AvgIpc) is 3.82. The summed E-state index contributed by atoms with van der Waals surface area (Å²) >= 11 is 0. The molecular formula is C45H71N3O11Si. The Kier molecular flexibility index (Phi) is 13.5. The van der Waals surface area contributed by atoms with Crippen LogP contribution in [-0.2, 0) is 51.9 Å². The Morgan fingerprint density at radius 3 is 2.35 bits per heavy atom. The van der Waals surface area contributed by atoms with Crippen LogP contribution in [0.4, 0.5) is 0 Å². The van der Waals surface area contributed by atoms with Gasteiger partial charge in [0, 0.05) is 63.6 Å². The molecule has 10 bridgehead atoms. The third kappa shape index (κ3) is 9.40. The largest absolute Gasteiger partial charge is 0.415 e. The molecule has 0 saturated carbocycles. The number of fused-ring (bicyclic) bond motifs is 9. The van der Waals surface area contributed by atoms with Crippen LogP contribution < -0.4 is 0 Å². The first-order valence-electron chi connectivity index (χ1n) is 22.9. The van der Waals surface area contributed by atoms with Crippen LogP contribution >= 0.6 is 0 Å². The van der Waals surface area contributed by atoms with Crippen LogP contribution in [0.5, 0.6) is 0 Å². The molecule has 336 valence electrons. The molecule has 8 aliphatic heterocycles. The van der Waals surface area contributed by atoms with Gasteiger partial charge in [-0.25, -0.2) is 0 Å².